The van der Waals surface area contributed by atoms with Gasteiger partial charge in [-0.2, -0.15) is 0 Å². The van der Waals surface area contributed by atoms with Crippen LogP contribution in [0.2, 0.25) is 0 Å². The first-order valence-corrected chi connectivity index (χ1v) is 8.15. The molecule has 0 aromatic heterocycles. The predicted molar refractivity (Wildman–Crippen MR) is 92.8 cm³/mol. The summed E-state index contributed by atoms with van der Waals surface area (Å²) in [6.07, 6.45) is 0.268. The molecule has 2 aromatic carbocycles. The molecule has 1 N–H and O–H groups in total. The first-order valence-electron chi connectivity index (χ1n) is 7.36. The number of anilines is 1. The van der Waals surface area contributed by atoms with Gasteiger partial charge in [0, 0.05) is 23.2 Å². The van der Waals surface area contributed by atoms with Crippen LogP contribution in [0.4, 0.5) is 5.69 Å². The van der Waals surface area contributed by atoms with Gasteiger partial charge in [0.05, 0.1) is 6.10 Å². The maximum absolute atomic E-state index is 10.4. The third-order valence-corrected chi connectivity index (χ3v) is 4.44. The first-order chi connectivity index (χ1) is 10.1. The second-order valence-electron chi connectivity index (χ2n) is 5.24. The van der Waals surface area contributed by atoms with E-state index >= 15 is 0 Å². The summed E-state index contributed by atoms with van der Waals surface area (Å²) in [5.74, 6) is 0. The number of benzene rings is 2. The minimum Gasteiger partial charge on any atom is -0.388 e. The SMILES string of the molecule is CCN(CCC(O)c1ccccc1Br)c1ccc(C)cc1. The highest BCUT2D eigenvalue weighted by molar-refractivity contribution is 9.10. The van der Waals surface area contributed by atoms with Crippen LogP contribution in [0.5, 0.6) is 0 Å². The standard InChI is InChI=1S/C18H22BrNO/c1-3-20(15-10-8-14(2)9-11-15)13-12-18(21)16-6-4-5-7-17(16)19/h4-11,18,21H,3,12-13H2,1-2H3. The second kappa shape index (κ2) is 7.62. The Hall–Kier alpha value is -1.32. The summed E-state index contributed by atoms with van der Waals surface area (Å²) >= 11 is 3.50. The molecule has 0 bridgehead atoms. The smallest absolute Gasteiger partial charge is 0.0817 e. The van der Waals surface area contributed by atoms with Gasteiger partial charge < -0.3 is 10.0 Å². The second-order valence-corrected chi connectivity index (χ2v) is 6.10. The molecule has 3 heteroatoms. The summed E-state index contributed by atoms with van der Waals surface area (Å²) < 4.78 is 0.968. The van der Waals surface area contributed by atoms with E-state index in [-0.39, 0.29) is 0 Å². The Labute approximate surface area is 135 Å². The Morgan fingerprint density at radius 3 is 2.38 bits per heavy atom. The van der Waals surface area contributed by atoms with E-state index in [2.05, 4.69) is 58.9 Å². The number of nitrogens with zero attached hydrogens (tertiary/aromatic N) is 1. The summed E-state index contributed by atoms with van der Waals surface area (Å²) in [7, 11) is 0. The topological polar surface area (TPSA) is 23.5 Å². The van der Waals surface area contributed by atoms with Crippen molar-refractivity contribution < 1.29 is 5.11 Å². The molecule has 0 saturated carbocycles. The molecule has 0 aliphatic rings. The van der Waals surface area contributed by atoms with E-state index < -0.39 is 6.10 Å². The third-order valence-electron chi connectivity index (χ3n) is 3.72. The number of aryl methyl sites for hydroxylation is 1. The Morgan fingerprint density at radius 2 is 1.76 bits per heavy atom. The molecule has 2 rings (SSSR count). The van der Waals surface area contributed by atoms with Crippen molar-refractivity contribution in [1.82, 2.24) is 0 Å². The highest BCUT2D eigenvalue weighted by Gasteiger charge is 2.13. The van der Waals surface area contributed by atoms with E-state index in [1.165, 1.54) is 11.3 Å². The van der Waals surface area contributed by atoms with E-state index in [9.17, 15) is 5.11 Å². The molecule has 0 aliphatic heterocycles. The van der Waals surface area contributed by atoms with Gasteiger partial charge in [0.25, 0.3) is 0 Å². The first kappa shape index (κ1) is 16.1. The average Bonchev–Trinajstić information content (AvgIpc) is 2.49. The van der Waals surface area contributed by atoms with E-state index in [4.69, 9.17) is 0 Å². The zero-order valence-corrected chi connectivity index (χ0v) is 14.2. The van der Waals surface area contributed by atoms with E-state index in [1.807, 2.05) is 24.3 Å². The van der Waals surface area contributed by atoms with Crippen LogP contribution in [0.1, 0.15) is 30.6 Å². The van der Waals surface area contributed by atoms with Gasteiger partial charge in [-0.1, -0.05) is 51.8 Å². The van der Waals surface area contributed by atoms with E-state index in [0.29, 0.717) is 6.42 Å². The molecule has 0 spiro atoms. The molecule has 2 aromatic rings. The van der Waals surface area contributed by atoms with Crippen molar-refractivity contribution in [3.05, 3.63) is 64.1 Å². The molecule has 0 radical (unpaired) electrons. The average molecular weight is 348 g/mol. The predicted octanol–water partition coefficient (Wildman–Crippen LogP) is 4.71. The van der Waals surface area contributed by atoms with Crippen molar-refractivity contribution in [2.24, 2.45) is 0 Å². The van der Waals surface area contributed by atoms with Gasteiger partial charge in [-0.25, -0.2) is 0 Å². The van der Waals surface area contributed by atoms with Gasteiger partial charge in [-0.3, -0.25) is 0 Å². The molecule has 112 valence electrons. The van der Waals surface area contributed by atoms with Crippen LogP contribution in [0.15, 0.2) is 53.0 Å². The molecule has 0 fully saturated rings. The lowest BCUT2D eigenvalue weighted by molar-refractivity contribution is 0.168. The van der Waals surface area contributed by atoms with Gasteiger partial charge in [-0.15, -0.1) is 0 Å². The molecular formula is C18H22BrNO. The van der Waals surface area contributed by atoms with Crippen LogP contribution >= 0.6 is 15.9 Å². The number of aliphatic hydroxyl groups excluding tert-OH is 1. The van der Waals surface area contributed by atoms with Gasteiger partial charge in [-0.05, 0) is 44.0 Å². The zero-order chi connectivity index (χ0) is 15.2. The maximum Gasteiger partial charge on any atom is 0.0817 e. The van der Waals surface area contributed by atoms with Gasteiger partial charge in [0.15, 0.2) is 0 Å². The molecule has 21 heavy (non-hydrogen) atoms. The lowest BCUT2D eigenvalue weighted by Crippen LogP contribution is -2.25. The summed E-state index contributed by atoms with van der Waals surface area (Å²) in [6, 6.07) is 16.4. The number of hydrogen-bond acceptors (Lipinski definition) is 2. The number of aliphatic hydroxyl groups is 1. The number of halogens is 1. The van der Waals surface area contributed by atoms with Crippen LogP contribution < -0.4 is 4.90 Å². The molecule has 1 atom stereocenters. The van der Waals surface area contributed by atoms with Crippen LogP contribution in [0.25, 0.3) is 0 Å². The Balaban J connectivity index is 2.00. The lowest BCUT2D eigenvalue weighted by Gasteiger charge is -2.25. The fraction of sp³-hybridized carbons (Fsp3) is 0.333. The Kier molecular flexibility index (Phi) is 5.83. The minimum absolute atomic E-state index is 0.444. The number of hydrogen-bond donors (Lipinski definition) is 1. The Morgan fingerprint density at radius 1 is 1.10 bits per heavy atom. The third kappa shape index (κ3) is 4.32. The highest BCUT2D eigenvalue weighted by atomic mass is 79.9. The molecular weight excluding hydrogens is 326 g/mol. The van der Waals surface area contributed by atoms with Crippen molar-refractivity contribution >= 4 is 21.6 Å². The molecule has 0 amide bonds. The fourth-order valence-corrected chi connectivity index (χ4v) is 2.95. The largest absolute Gasteiger partial charge is 0.388 e. The molecule has 2 nitrogen and oxygen atoms in total. The molecule has 1 unspecified atom stereocenters. The van der Waals surface area contributed by atoms with Crippen molar-refractivity contribution in [1.29, 1.82) is 0 Å². The van der Waals surface area contributed by atoms with Crippen molar-refractivity contribution in [3.8, 4) is 0 Å². The van der Waals surface area contributed by atoms with E-state index in [1.54, 1.807) is 0 Å². The van der Waals surface area contributed by atoms with Crippen LogP contribution in [0.3, 0.4) is 0 Å². The molecule has 0 aliphatic carbocycles. The van der Waals surface area contributed by atoms with Crippen LogP contribution in [-0.4, -0.2) is 18.2 Å². The van der Waals surface area contributed by atoms with Gasteiger partial charge in [0.1, 0.15) is 0 Å². The molecule has 0 saturated heterocycles. The van der Waals surface area contributed by atoms with Crippen LogP contribution in [-0.2, 0) is 0 Å². The minimum atomic E-state index is -0.444. The highest BCUT2D eigenvalue weighted by Crippen LogP contribution is 2.26. The molecule has 0 heterocycles. The number of rotatable bonds is 6. The quantitative estimate of drug-likeness (QED) is 0.817. The summed E-state index contributed by atoms with van der Waals surface area (Å²) in [5.41, 5.74) is 3.43. The van der Waals surface area contributed by atoms with Crippen molar-refractivity contribution in [3.63, 3.8) is 0 Å². The van der Waals surface area contributed by atoms with Crippen LogP contribution in [0, 0.1) is 6.92 Å². The van der Waals surface area contributed by atoms with E-state index in [0.717, 1.165) is 23.1 Å². The van der Waals surface area contributed by atoms with Crippen molar-refractivity contribution in [2.45, 2.75) is 26.4 Å². The Bertz CT molecular complexity index is 568. The summed E-state index contributed by atoms with van der Waals surface area (Å²) in [6.45, 7) is 6.01. The van der Waals surface area contributed by atoms with Gasteiger partial charge >= 0.3 is 0 Å². The zero-order valence-electron chi connectivity index (χ0n) is 12.6. The van der Waals surface area contributed by atoms with Crippen molar-refractivity contribution in [2.75, 3.05) is 18.0 Å². The lowest BCUT2D eigenvalue weighted by atomic mass is 10.1. The summed E-state index contributed by atoms with van der Waals surface area (Å²) in [4.78, 5) is 2.29. The fourth-order valence-electron chi connectivity index (χ4n) is 2.40. The monoisotopic (exact) mass is 347 g/mol. The van der Waals surface area contributed by atoms with Gasteiger partial charge in [0.2, 0.25) is 0 Å². The summed E-state index contributed by atoms with van der Waals surface area (Å²) in [5, 5.41) is 10.4. The normalized spacial score (nSPS) is 12.2. The maximum atomic E-state index is 10.4.